The van der Waals surface area contributed by atoms with Crippen LogP contribution in [-0.4, -0.2) is 36.5 Å². The molecule has 2 rings (SSSR count). The summed E-state index contributed by atoms with van der Waals surface area (Å²) >= 11 is 5.68. The molecular formula is C17H24ClFN2O. The molecule has 22 heavy (non-hydrogen) atoms. The van der Waals surface area contributed by atoms with E-state index < -0.39 is 5.82 Å². The van der Waals surface area contributed by atoms with Crippen molar-refractivity contribution in [1.29, 1.82) is 0 Å². The second kappa shape index (κ2) is 8.49. The molecule has 1 fully saturated rings. The van der Waals surface area contributed by atoms with E-state index in [0.717, 1.165) is 25.6 Å². The predicted molar refractivity (Wildman–Crippen MR) is 87.9 cm³/mol. The van der Waals surface area contributed by atoms with Crippen molar-refractivity contribution in [2.75, 3.05) is 19.6 Å². The molecule has 1 aliphatic heterocycles. The van der Waals surface area contributed by atoms with Crippen LogP contribution in [0.1, 0.15) is 49.4 Å². The summed E-state index contributed by atoms with van der Waals surface area (Å²) in [4.78, 5) is 14.5. The molecule has 1 atom stereocenters. The summed E-state index contributed by atoms with van der Waals surface area (Å²) < 4.78 is 13.6. The number of piperidine rings is 1. The van der Waals surface area contributed by atoms with E-state index in [4.69, 9.17) is 11.6 Å². The quantitative estimate of drug-likeness (QED) is 0.805. The van der Waals surface area contributed by atoms with Crippen LogP contribution in [0.3, 0.4) is 0 Å². The molecule has 0 radical (unpaired) electrons. The van der Waals surface area contributed by atoms with Crippen LogP contribution in [0, 0.1) is 5.82 Å². The van der Waals surface area contributed by atoms with Crippen molar-refractivity contribution in [3.63, 3.8) is 0 Å². The molecule has 0 bridgehead atoms. The maximum atomic E-state index is 13.6. The van der Waals surface area contributed by atoms with Gasteiger partial charge in [0.05, 0.1) is 5.56 Å². The lowest BCUT2D eigenvalue weighted by atomic mass is 10.00. The van der Waals surface area contributed by atoms with E-state index in [-0.39, 0.29) is 11.5 Å². The number of nitrogens with one attached hydrogen (secondary N) is 1. The molecule has 3 nitrogen and oxygen atoms in total. The van der Waals surface area contributed by atoms with Crippen LogP contribution in [0.15, 0.2) is 18.2 Å². The number of halogens is 2. The van der Waals surface area contributed by atoms with Crippen molar-refractivity contribution in [2.45, 2.75) is 45.1 Å². The Hall–Kier alpha value is -1.13. The molecule has 1 aromatic rings. The number of hydrogen-bond donors (Lipinski definition) is 1. The van der Waals surface area contributed by atoms with Crippen molar-refractivity contribution >= 4 is 17.5 Å². The highest BCUT2D eigenvalue weighted by Gasteiger charge is 2.20. The van der Waals surface area contributed by atoms with E-state index in [1.54, 1.807) is 0 Å². The zero-order valence-corrected chi connectivity index (χ0v) is 13.8. The van der Waals surface area contributed by atoms with Crippen molar-refractivity contribution in [1.82, 2.24) is 10.2 Å². The van der Waals surface area contributed by atoms with E-state index in [0.29, 0.717) is 17.6 Å². The number of carbonyl (C=O) groups is 1. The Morgan fingerprint density at radius 3 is 3.00 bits per heavy atom. The van der Waals surface area contributed by atoms with Crippen molar-refractivity contribution < 1.29 is 9.18 Å². The monoisotopic (exact) mass is 326 g/mol. The molecule has 0 saturated carbocycles. The number of likely N-dealkylation sites (tertiary alicyclic amines) is 1. The van der Waals surface area contributed by atoms with Gasteiger partial charge in [0.1, 0.15) is 5.82 Å². The number of benzene rings is 1. The van der Waals surface area contributed by atoms with Crippen LogP contribution in [0.2, 0.25) is 5.02 Å². The second-order valence-electron chi connectivity index (χ2n) is 5.83. The third kappa shape index (κ3) is 4.68. The molecular weight excluding hydrogens is 303 g/mol. The minimum atomic E-state index is -0.577. The number of amides is 1. The summed E-state index contributed by atoms with van der Waals surface area (Å²) in [6.07, 6.45) is 5.93. The van der Waals surface area contributed by atoms with Crippen molar-refractivity contribution in [2.24, 2.45) is 0 Å². The minimum Gasteiger partial charge on any atom is -0.352 e. The average Bonchev–Trinajstić information content (AvgIpc) is 2.51. The summed E-state index contributed by atoms with van der Waals surface area (Å²) in [6, 6.07) is 4.79. The molecule has 0 unspecified atom stereocenters. The van der Waals surface area contributed by atoms with E-state index >= 15 is 0 Å². The first kappa shape index (κ1) is 17.2. The summed E-state index contributed by atoms with van der Waals surface area (Å²) in [5.74, 6) is -0.952. The number of nitrogens with zero attached hydrogens (tertiary/aromatic N) is 1. The first-order valence-corrected chi connectivity index (χ1v) is 8.47. The Morgan fingerprint density at radius 2 is 2.27 bits per heavy atom. The smallest absolute Gasteiger partial charge is 0.254 e. The topological polar surface area (TPSA) is 32.3 Å². The maximum absolute atomic E-state index is 13.6. The Balaban J connectivity index is 1.75. The van der Waals surface area contributed by atoms with Gasteiger partial charge in [-0.25, -0.2) is 4.39 Å². The Labute approximate surface area is 136 Å². The van der Waals surface area contributed by atoms with Crippen LogP contribution in [0.5, 0.6) is 0 Å². The molecule has 1 heterocycles. The molecule has 5 heteroatoms. The van der Waals surface area contributed by atoms with Crippen molar-refractivity contribution in [3.05, 3.63) is 34.6 Å². The summed E-state index contributed by atoms with van der Waals surface area (Å²) in [6.45, 7) is 4.93. The molecule has 1 aliphatic rings. The van der Waals surface area contributed by atoms with Gasteiger partial charge >= 0.3 is 0 Å². The zero-order chi connectivity index (χ0) is 15.9. The van der Waals surface area contributed by atoms with E-state index in [1.165, 1.54) is 37.8 Å². The van der Waals surface area contributed by atoms with Crippen LogP contribution in [0.4, 0.5) is 4.39 Å². The van der Waals surface area contributed by atoms with E-state index in [2.05, 4.69) is 17.1 Å². The predicted octanol–water partition coefficient (Wildman–Crippen LogP) is 3.86. The van der Waals surface area contributed by atoms with Gasteiger partial charge in [-0.1, -0.05) is 24.9 Å². The number of carbonyl (C=O) groups excluding carboxylic acids is 1. The second-order valence-corrected chi connectivity index (χ2v) is 6.26. The van der Waals surface area contributed by atoms with Gasteiger partial charge in [0.25, 0.3) is 5.91 Å². The average molecular weight is 327 g/mol. The Morgan fingerprint density at radius 1 is 1.45 bits per heavy atom. The zero-order valence-electron chi connectivity index (χ0n) is 13.1. The highest BCUT2D eigenvalue weighted by atomic mass is 35.5. The van der Waals surface area contributed by atoms with Crippen LogP contribution < -0.4 is 5.32 Å². The normalized spacial score (nSPS) is 19.1. The minimum absolute atomic E-state index is 0.0498. The molecule has 1 N–H and O–H groups in total. The molecule has 0 aromatic heterocycles. The van der Waals surface area contributed by atoms with E-state index in [1.807, 2.05) is 0 Å². The molecule has 1 aromatic carbocycles. The third-order valence-electron chi connectivity index (χ3n) is 4.30. The van der Waals surface area contributed by atoms with Gasteiger partial charge in [0.2, 0.25) is 0 Å². The van der Waals surface area contributed by atoms with Crippen LogP contribution in [-0.2, 0) is 0 Å². The molecule has 1 amide bonds. The van der Waals surface area contributed by atoms with Crippen LogP contribution >= 0.6 is 11.6 Å². The molecule has 122 valence electrons. The Bertz CT molecular complexity index is 509. The van der Waals surface area contributed by atoms with Gasteiger partial charge < -0.3 is 10.2 Å². The lowest BCUT2D eigenvalue weighted by molar-refractivity contribution is 0.0943. The fourth-order valence-corrected chi connectivity index (χ4v) is 3.23. The van der Waals surface area contributed by atoms with Gasteiger partial charge in [0, 0.05) is 24.2 Å². The summed E-state index contributed by atoms with van der Waals surface area (Å²) in [5.41, 5.74) is 0.0498. The van der Waals surface area contributed by atoms with Crippen molar-refractivity contribution in [3.8, 4) is 0 Å². The van der Waals surface area contributed by atoms with Gasteiger partial charge in [-0.2, -0.15) is 0 Å². The highest BCUT2D eigenvalue weighted by molar-refractivity contribution is 6.30. The third-order valence-corrected chi connectivity index (χ3v) is 4.54. The lowest BCUT2D eigenvalue weighted by Crippen LogP contribution is -2.40. The van der Waals surface area contributed by atoms with Gasteiger partial charge in [-0.3, -0.25) is 4.79 Å². The molecule has 0 aliphatic carbocycles. The van der Waals surface area contributed by atoms with Gasteiger partial charge in [-0.15, -0.1) is 0 Å². The number of rotatable bonds is 6. The summed E-state index contributed by atoms with van der Waals surface area (Å²) in [5, 5.41) is 3.08. The Kier molecular flexibility index (Phi) is 6.65. The van der Waals surface area contributed by atoms with Gasteiger partial charge in [-0.05, 0) is 50.4 Å². The fourth-order valence-electron chi connectivity index (χ4n) is 3.07. The SMILES string of the molecule is CC[C@H]1CCCCN1CCCNC(=O)c1ccc(Cl)cc1F. The fraction of sp³-hybridized carbons (Fsp3) is 0.588. The maximum Gasteiger partial charge on any atom is 0.254 e. The molecule has 0 spiro atoms. The lowest BCUT2D eigenvalue weighted by Gasteiger charge is -2.35. The van der Waals surface area contributed by atoms with E-state index in [9.17, 15) is 9.18 Å². The highest BCUT2D eigenvalue weighted by Crippen LogP contribution is 2.19. The standard InChI is InChI=1S/C17H24ClFN2O/c1-2-14-6-3-4-10-21(14)11-5-9-20-17(22)15-8-7-13(18)12-16(15)19/h7-8,12,14H,2-6,9-11H2,1H3,(H,20,22)/t14-/m0/s1. The first-order chi connectivity index (χ1) is 10.6. The number of hydrogen-bond acceptors (Lipinski definition) is 2. The first-order valence-electron chi connectivity index (χ1n) is 8.09. The van der Waals surface area contributed by atoms with Gasteiger partial charge in [0.15, 0.2) is 0 Å². The summed E-state index contributed by atoms with van der Waals surface area (Å²) in [7, 11) is 0. The van der Waals surface area contributed by atoms with Crippen LogP contribution in [0.25, 0.3) is 0 Å². The largest absolute Gasteiger partial charge is 0.352 e. The molecule has 1 saturated heterocycles.